The van der Waals surface area contributed by atoms with Crippen LogP contribution in [-0.4, -0.2) is 57.5 Å². The van der Waals surface area contributed by atoms with Crippen molar-refractivity contribution in [3.05, 3.63) is 50.7 Å². The number of nitro groups is 1. The Kier molecular flexibility index (Phi) is 5.54. The molecule has 10 nitrogen and oxygen atoms in total. The first-order valence-corrected chi connectivity index (χ1v) is 9.66. The lowest BCUT2D eigenvalue weighted by molar-refractivity contribution is -0.385. The number of sulfone groups is 1. The van der Waals surface area contributed by atoms with Crippen LogP contribution >= 0.6 is 0 Å². The molecule has 0 aromatic heterocycles. The van der Waals surface area contributed by atoms with Gasteiger partial charge in [0.05, 0.1) is 22.9 Å². The first-order valence-electron chi connectivity index (χ1n) is 7.77. The molecule has 146 valence electrons. The fourth-order valence-electron chi connectivity index (χ4n) is 3.11. The van der Waals surface area contributed by atoms with Crippen molar-refractivity contribution in [3.63, 3.8) is 0 Å². The highest BCUT2D eigenvalue weighted by molar-refractivity contribution is 7.94. The van der Waals surface area contributed by atoms with Gasteiger partial charge in [-0.15, -0.1) is 0 Å². The van der Waals surface area contributed by atoms with Crippen molar-refractivity contribution in [3.8, 4) is 0 Å². The maximum absolute atomic E-state index is 12.6. The number of ether oxygens (including phenoxy) is 1. The summed E-state index contributed by atoms with van der Waals surface area (Å²) in [6.45, 7) is 0. The molecule has 2 atom stereocenters. The number of esters is 1. The third kappa shape index (κ3) is 3.77. The lowest BCUT2D eigenvalue weighted by Gasteiger charge is -2.34. The normalized spacial score (nSPS) is 20.1. The van der Waals surface area contributed by atoms with Gasteiger partial charge in [-0.1, -0.05) is 18.2 Å². The number of hydrogen-bond acceptors (Lipinski definition) is 9. The zero-order valence-corrected chi connectivity index (χ0v) is 16.1. The van der Waals surface area contributed by atoms with E-state index in [1.165, 1.54) is 29.2 Å². The Morgan fingerprint density at radius 3 is 2.41 bits per heavy atom. The van der Waals surface area contributed by atoms with Gasteiger partial charge in [-0.3, -0.25) is 14.9 Å². The van der Waals surface area contributed by atoms with Crippen molar-refractivity contribution < 1.29 is 22.9 Å². The van der Waals surface area contributed by atoms with Gasteiger partial charge in [0, 0.05) is 32.0 Å². The highest BCUT2D eigenvalue weighted by Crippen LogP contribution is 2.44. The molecule has 0 saturated heterocycles. The zero-order chi connectivity index (χ0) is 20.5. The van der Waals surface area contributed by atoms with E-state index >= 15 is 0 Å². The van der Waals surface area contributed by atoms with Crippen molar-refractivity contribution in [1.82, 2.24) is 4.90 Å². The SMILES string of the molecule is COC(=O)C1C(N(C)C)=NC(N)=C(S(C)(=O)=O)C1c1ccccc1[N+](=O)[O-]. The van der Waals surface area contributed by atoms with Gasteiger partial charge in [-0.2, -0.15) is 0 Å². The molecule has 1 aromatic carbocycles. The number of nitro benzene ring substituents is 1. The number of rotatable bonds is 4. The summed E-state index contributed by atoms with van der Waals surface area (Å²) in [5.74, 6) is -3.41. The topological polar surface area (TPSA) is 145 Å². The number of benzene rings is 1. The van der Waals surface area contributed by atoms with Crippen LogP contribution in [0.1, 0.15) is 11.5 Å². The number of nitrogens with zero attached hydrogens (tertiary/aromatic N) is 3. The molecule has 1 aliphatic heterocycles. The van der Waals surface area contributed by atoms with Crippen LogP contribution < -0.4 is 5.73 Å². The highest BCUT2D eigenvalue weighted by Gasteiger charge is 2.47. The molecule has 1 heterocycles. The van der Waals surface area contributed by atoms with Gasteiger partial charge in [-0.25, -0.2) is 13.4 Å². The minimum absolute atomic E-state index is 0.0375. The molecule has 0 fully saturated rings. The molecule has 2 rings (SSSR count). The van der Waals surface area contributed by atoms with E-state index in [4.69, 9.17) is 10.5 Å². The van der Waals surface area contributed by atoms with E-state index in [0.29, 0.717) is 0 Å². The first-order chi connectivity index (χ1) is 12.5. The smallest absolute Gasteiger partial charge is 0.317 e. The molecule has 0 radical (unpaired) electrons. The van der Waals surface area contributed by atoms with Gasteiger partial charge in [0.2, 0.25) is 0 Å². The van der Waals surface area contributed by atoms with Crippen LogP contribution in [0.3, 0.4) is 0 Å². The van der Waals surface area contributed by atoms with Crippen molar-refractivity contribution >= 4 is 27.3 Å². The van der Waals surface area contributed by atoms with E-state index in [1.54, 1.807) is 14.1 Å². The lowest BCUT2D eigenvalue weighted by atomic mass is 9.81. The fraction of sp³-hybridized carbons (Fsp3) is 0.375. The number of carbonyl (C=O) groups excluding carboxylic acids is 1. The molecular formula is C16H20N4O6S. The molecule has 0 bridgehead atoms. The van der Waals surface area contributed by atoms with E-state index in [0.717, 1.165) is 13.4 Å². The monoisotopic (exact) mass is 396 g/mol. The van der Waals surface area contributed by atoms with E-state index in [9.17, 15) is 23.3 Å². The van der Waals surface area contributed by atoms with Crippen LogP contribution in [0.25, 0.3) is 0 Å². The Hall–Kier alpha value is -2.95. The van der Waals surface area contributed by atoms with Gasteiger partial charge in [0.25, 0.3) is 5.69 Å². The number of methoxy groups -OCH3 is 1. The second kappa shape index (κ2) is 7.35. The number of amidine groups is 1. The fourth-order valence-corrected chi connectivity index (χ4v) is 4.26. The number of aliphatic imine (C=N–C) groups is 1. The third-order valence-corrected chi connectivity index (χ3v) is 5.42. The quantitative estimate of drug-likeness (QED) is 0.443. The van der Waals surface area contributed by atoms with Crippen molar-refractivity contribution in [2.45, 2.75) is 5.92 Å². The summed E-state index contributed by atoms with van der Waals surface area (Å²) in [6.07, 6.45) is 0.918. The average molecular weight is 396 g/mol. The minimum Gasteiger partial charge on any atom is -0.468 e. The summed E-state index contributed by atoms with van der Waals surface area (Å²) in [5, 5.41) is 11.5. The lowest BCUT2D eigenvalue weighted by Crippen LogP contribution is -2.44. The van der Waals surface area contributed by atoms with Crippen molar-refractivity contribution in [2.75, 3.05) is 27.5 Å². The largest absolute Gasteiger partial charge is 0.468 e. The van der Waals surface area contributed by atoms with Gasteiger partial charge in [-0.05, 0) is 0 Å². The maximum Gasteiger partial charge on any atom is 0.317 e. The molecule has 2 N–H and O–H groups in total. The maximum atomic E-state index is 12.6. The molecule has 0 saturated carbocycles. The second-order valence-corrected chi connectivity index (χ2v) is 8.16. The van der Waals surface area contributed by atoms with Gasteiger partial charge < -0.3 is 15.4 Å². The van der Waals surface area contributed by atoms with Crippen LogP contribution in [0.5, 0.6) is 0 Å². The molecule has 0 amide bonds. The Morgan fingerprint density at radius 1 is 1.33 bits per heavy atom. The summed E-state index contributed by atoms with van der Waals surface area (Å²) in [4.78, 5) is 28.7. The molecule has 1 aromatic rings. The molecule has 27 heavy (non-hydrogen) atoms. The Morgan fingerprint density at radius 2 is 1.93 bits per heavy atom. The van der Waals surface area contributed by atoms with E-state index in [2.05, 4.69) is 4.99 Å². The summed E-state index contributed by atoms with van der Waals surface area (Å²) in [7, 11) is 0.409. The van der Waals surface area contributed by atoms with Crippen LogP contribution in [0.4, 0.5) is 5.69 Å². The Balaban J connectivity index is 2.92. The molecule has 11 heteroatoms. The Bertz CT molecular complexity index is 951. The van der Waals surface area contributed by atoms with Crippen molar-refractivity contribution in [1.29, 1.82) is 0 Å². The zero-order valence-electron chi connectivity index (χ0n) is 15.2. The van der Waals surface area contributed by atoms with Gasteiger partial charge in [0.1, 0.15) is 17.6 Å². The minimum atomic E-state index is -3.94. The summed E-state index contributed by atoms with van der Waals surface area (Å²) in [5.41, 5.74) is 5.62. The number of carbonyl (C=O) groups is 1. The van der Waals surface area contributed by atoms with E-state index < -0.39 is 32.6 Å². The molecule has 0 aliphatic carbocycles. The third-order valence-electron chi connectivity index (χ3n) is 4.16. The van der Waals surface area contributed by atoms with Gasteiger partial charge in [0.15, 0.2) is 9.84 Å². The number of para-hydroxylation sites is 1. The van der Waals surface area contributed by atoms with Crippen LogP contribution in [0.2, 0.25) is 0 Å². The molecule has 1 aliphatic rings. The first kappa shape index (κ1) is 20.4. The number of nitrogens with two attached hydrogens (primary N) is 1. The van der Waals surface area contributed by atoms with Crippen LogP contribution in [-0.2, 0) is 19.4 Å². The number of hydrogen-bond donors (Lipinski definition) is 1. The van der Waals surface area contributed by atoms with Crippen molar-refractivity contribution in [2.24, 2.45) is 16.6 Å². The Labute approximate surface area is 156 Å². The summed E-state index contributed by atoms with van der Waals surface area (Å²) < 4.78 is 29.7. The van der Waals surface area contributed by atoms with E-state index in [-0.39, 0.29) is 27.8 Å². The standard InChI is InChI=1S/C16H20N4O6S/c1-19(2)15-12(16(21)26-3)11(13(14(17)18-15)27(4,24)25)9-7-5-6-8-10(9)20(22)23/h5-8,11-12H,17H2,1-4H3. The van der Waals surface area contributed by atoms with Crippen LogP contribution in [0, 0.1) is 16.0 Å². The summed E-state index contributed by atoms with van der Waals surface area (Å²) in [6, 6.07) is 5.61. The van der Waals surface area contributed by atoms with Gasteiger partial charge >= 0.3 is 5.97 Å². The predicted molar refractivity (Wildman–Crippen MR) is 98.5 cm³/mol. The summed E-state index contributed by atoms with van der Waals surface area (Å²) >= 11 is 0. The molecule has 0 spiro atoms. The second-order valence-electron chi connectivity index (χ2n) is 6.18. The van der Waals surface area contributed by atoms with E-state index in [1.807, 2.05) is 0 Å². The molecule has 2 unspecified atom stereocenters. The highest BCUT2D eigenvalue weighted by atomic mass is 32.2. The predicted octanol–water partition coefficient (Wildman–Crippen LogP) is 0.614. The molecular weight excluding hydrogens is 376 g/mol. The number of allylic oxidation sites excluding steroid dienone is 1. The van der Waals surface area contributed by atoms with Crippen LogP contribution in [0.15, 0.2) is 40.0 Å². The average Bonchev–Trinajstić information content (AvgIpc) is 2.58.